The highest BCUT2D eigenvalue weighted by Crippen LogP contribution is 2.24. The highest BCUT2D eigenvalue weighted by molar-refractivity contribution is 5.83. The predicted molar refractivity (Wildman–Crippen MR) is 67.9 cm³/mol. The van der Waals surface area contributed by atoms with Crippen LogP contribution >= 0.6 is 0 Å². The van der Waals surface area contributed by atoms with Gasteiger partial charge in [-0.2, -0.15) is 0 Å². The molecule has 1 aliphatic rings. The molecule has 19 heavy (non-hydrogen) atoms. The van der Waals surface area contributed by atoms with E-state index in [1.54, 1.807) is 20.9 Å². The van der Waals surface area contributed by atoms with E-state index in [-0.39, 0.29) is 25.7 Å². The van der Waals surface area contributed by atoms with Crippen LogP contribution < -0.4 is 0 Å². The average Bonchev–Trinajstić information content (AvgIpc) is 2.81. The molecule has 7 heteroatoms. The summed E-state index contributed by atoms with van der Waals surface area (Å²) in [4.78, 5) is 26.2. The Morgan fingerprint density at radius 1 is 1.47 bits per heavy atom. The number of rotatable bonds is 4. The third-order valence-electron chi connectivity index (χ3n) is 3.71. The van der Waals surface area contributed by atoms with Gasteiger partial charge >= 0.3 is 12.0 Å². The molecule has 0 bridgehead atoms. The molecule has 0 aromatic heterocycles. The summed E-state index contributed by atoms with van der Waals surface area (Å²) in [6.45, 7) is 3.47. The van der Waals surface area contributed by atoms with E-state index in [0.29, 0.717) is 0 Å². The molecule has 0 radical (unpaired) electrons. The van der Waals surface area contributed by atoms with Gasteiger partial charge in [0.05, 0.1) is 18.2 Å². The quantitative estimate of drug-likeness (QED) is 0.752. The van der Waals surface area contributed by atoms with E-state index in [2.05, 4.69) is 0 Å². The molecule has 7 nitrogen and oxygen atoms in total. The van der Waals surface area contributed by atoms with Crippen LogP contribution in [0, 0.1) is 0 Å². The molecule has 0 aromatic carbocycles. The molecule has 1 saturated heterocycles. The number of nitrogens with zero attached hydrogens (tertiary/aromatic N) is 2. The van der Waals surface area contributed by atoms with Crippen LogP contribution in [0.3, 0.4) is 0 Å². The molecule has 1 rings (SSSR count). The lowest BCUT2D eigenvalue weighted by molar-refractivity contribution is -0.141. The minimum atomic E-state index is -1.04. The molecule has 1 fully saturated rings. The SMILES string of the molecule is COC1CC(C(=O)O)N(C(=O)N(C)C(C)(C)CO)C1. The molecule has 1 aliphatic heterocycles. The van der Waals surface area contributed by atoms with Crippen LogP contribution in [0.2, 0.25) is 0 Å². The molecular formula is C12H22N2O5. The summed E-state index contributed by atoms with van der Waals surface area (Å²) in [7, 11) is 3.05. The maximum absolute atomic E-state index is 12.3. The number of aliphatic hydroxyl groups is 1. The second-order valence-electron chi connectivity index (χ2n) is 5.41. The van der Waals surface area contributed by atoms with Crippen LogP contribution in [-0.2, 0) is 9.53 Å². The Bertz CT molecular complexity index is 358. The van der Waals surface area contributed by atoms with Gasteiger partial charge in [-0.15, -0.1) is 0 Å². The maximum Gasteiger partial charge on any atom is 0.326 e. The first-order valence-corrected chi connectivity index (χ1v) is 6.15. The first kappa shape index (κ1) is 15.7. The van der Waals surface area contributed by atoms with Crippen LogP contribution in [0.15, 0.2) is 0 Å². The monoisotopic (exact) mass is 274 g/mol. The van der Waals surface area contributed by atoms with Crippen molar-refractivity contribution in [1.29, 1.82) is 0 Å². The van der Waals surface area contributed by atoms with Gasteiger partial charge in [0.15, 0.2) is 0 Å². The number of hydrogen-bond acceptors (Lipinski definition) is 4. The number of likely N-dealkylation sites (tertiary alicyclic amines) is 1. The number of ether oxygens (including phenoxy) is 1. The molecular weight excluding hydrogens is 252 g/mol. The van der Waals surface area contributed by atoms with Gasteiger partial charge in [0.1, 0.15) is 6.04 Å². The van der Waals surface area contributed by atoms with Crippen LogP contribution in [0.5, 0.6) is 0 Å². The molecule has 2 N–H and O–H groups in total. The summed E-state index contributed by atoms with van der Waals surface area (Å²) >= 11 is 0. The van der Waals surface area contributed by atoms with Crippen LogP contribution in [0.25, 0.3) is 0 Å². The Labute approximate surface area is 112 Å². The Morgan fingerprint density at radius 3 is 2.47 bits per heavy atom. The first-order valence-electron chi connectivity index (χ1n) is 6.15. The third kappa shape index (κ3) is 3.16. The standard InChI is InChI=1S/C12H22N2O5/c1-12(2,7-15)13(3)11(18)14-6-8(19-4)5-9(14)10(16)17/h8-9,15H,5-7H2,1-4H3,(H,16,17). The van der Waals surface area contributed by atoms with Crippen LogP contribution in [0.4, 0.5) is 4.79 Å². The van der Waals surface area contributed by atoms with Gasteiger partial charge in [0, 0.05) is 27.1 Å². The molecule has 0 spiro atoms. The van der Waals surface area contributed by atoms with Crippen molar-refractivity contribution in [3.63, 3.8) is 0 Å². The predicted octanol–water partition coefficient (Wildman–Crippen LogP) is -0.0170. The fraction of sp³-hybridized carbons (Fsp3) is 0.833. The molecule has 2 amide bonds. The van der Waals surface area contributed by atoms with Gasteiger partial charge in [0.2, 0.25) is 0 Å². The van der Waals surface area contributed by atoms with E-state index in [9.17, 15) is 19.8 Å². The van der Waals surface area contributed by atoms with Crippen molar-refractivity contribution in [3.8, 4) is 0 Å². The second kappa shape index (κ2) is 5.75. The van der Waals surface area contributed by atoms with Gasteiger partial charge in [0.25, 0.3) is 0 Å². The van der Waals surface area contributed by atoms with Crippen molar-refractivity contribution in [2.45, 2.75) is 38.0 Å². The Kier molecular flexibility index (Phi) is 4.75. The number of carboxylic acids is 1. The highest BCUT2D eigenvalue weighted by Gasteiger charge is 2.42. The fourth-order valence-electron chi connectivity index (χ4n) is 1.97. The van der Waals surface area contributed by atoms with E-state index in [4.69, 9.17) is 4.74 Å². The molecule has 0 saturated carbocycles. The lowest BCUT2D eigenvalue weighted by Crippen LogP contribution is -2.55. The van der Waals surface area contributed by atoms with Crippen molar-refractivity contribution in [1.82, 2.24) is 9.80 Å². The molecule has 2 atom stereocenters. The number of aliphatic carboxylic acids is 1. The summed E-state index contributed by atoms with van der Waals surface area (Å²) in [5.74, 6) is -1.04. The number of carbonyl (C=O) groups is 2. The van der Waals surface area contributed by atoms with E-state index in [1.165, 1.54) is 16.9 Å². The van der Waals surface area contributed by atoms with Crippen LogP contribution in [0.1, 0.15) is 20.3 Å². The lowest BCUT2D eigenvalue weighted by Gasteiger charge is -2.37. The van der Waals surface area contributed by atoms with E-state index in [1.807, 2.05) is 0 Å². The average molecular weight is 274 g/mol. The second-order valence-corrected chi connectivity index (χ2v) is 5.41. The van der Waals surface area contributed by atoms with Gasteiger partial charge in [-0.1, -0.05) is 0 Å². The number of likely N-dealkylation sites (N-methyl/N-ethyl adjacent to an activating group) is 1. The van der Waals surface area contributed by atoms with Crippen molar-refractivity contribution in [2.75, 3.05) is 27.3 Å². The number of hydrogen-bond donors (Lipinski definition) is 2. The highest BCUT2D eigenvalue weighted by atomic mass is 16.5. The topological polar surface area (TPSA) is 90.3 Å². The zero-order chi connectivity index (χ0) is 14.8. The number of aliphatic hydroxyl groups excluding tert-OH is 1. The number of carboxylic acid groups (broad SMARTS) is 1. The summed E-state index contributed by atoms with van der Waals surface area (Å²) in [5, 5.41) is 18.4. The molecule has 2 unspecified atom stereocenters. The van der Waals surface area contributed by atoms with Crippen molar-refractivity contribution < 1.29 is 24.5 Å². The molecule has 110 valence electrons. The van der Waals surface area contributed by atoms with Gasteiger partial charge in [-0.25, -0.2) is 9.59 Å². The van der Waals surface area contributed by atoms with Crippen LogP contribution in [-0.4, -0.2) is 77.0 Å². The lowest BCUT2D eigenvalue weighted by atomic mass is 10.1. The van der Waals surface area contributed by atoms with E-state index < -0.39 is 23.6 Å². The molecule has 0 aliphatic carbocycles. The van der Waals surface area contributed by atoms with Crippen molar-refractivity contribution >= 4 is 12.0 Å². The number of carbonyl (C=O) groups excluding carboxylic acids is 1. The summed E-state index contributed by atoms with van der Waals surface area (Å²) < 4.78 is 5.14. The Morgan fingerprint density at radius 2 is 2.05 bits per heavy atom. The smallest absolute Gasteiger partial charge is 0.326 e. The number of methoxy groups -OCH3 is 1. The molecule has 1 heterocycles. The Balaban J connectivity index is 2.88. The van der Waals surface area contributed by atoms with Gasteiger partial charge in [-0.05, 0) is 13.8 Å². The van der Waals surface area contributed by atoms with E-state index >= 15 is 0 Å². The third-order valence-corrected chi connectivity index (χ3v) is 3.71. The van der Waals surface area contributed by atoms with Crippen molar-refractivity contribution in [3.05, 3.63) is 0 Å². The normalized spacial score (nSPS) is 23.5. The Hall–Kier alpha value is -1.34. The zero-order valence-corrected chi connectivity index (χ0v) is 11.8. The maximum atomic E-state index is 12.3. The van der Waals surface area contributed by atoms with Crippen molar-refractivity contribution in [2.24, 2.45) is 0 Å². The summed E-state index contributed by atoms with van der Waals surface area (Å²) in [5.41, 5.74) is -0.745. The number of urea groups is 1. The summed E-state index contributed by atoms with van der Waals surface area (Å²) in [6, 6.07) is -1.29. The minimum absolute atomic E-state index is 0.200. The van der Waals surface area contributed by atoms with Gasteiger partial charge in [-0.3, -0.25) is 0 Å². The zero-order valence-electron chi connectivity index (χ0n) is 11.8. The van der Waals surface area contributed by atoms with E-state index in [0.717, 1.165) is 0 Å². The largest absolute Gasteiger partial charge is 0.480 e. The minimum Gasteiger partial charge on any atom is -0.480 e. The first-order chi connectivity index (χ1) is 8.74. The van der Waals surface area contributed by atoms with Gasteiger partial charge < -0.3 is 24.7 Å². The molecule has 0 aromatic rings. The summed E-state index contributed by atoms with van der Waals surface area (Å²) in [6.07, 6.45) is 0.0148. The fourth-order valence-corrected chi connectivity index (χ4v) is 1.97. The number of amides is 2.